The smallest absolute Gasteiger partial charge is 0.261 e. The van der Waals surface area contributed by atoms with E-state index in [4.69, 9.17) is 10.5 Å². The molecule has 8 nitrogen and oxygen atoms in total. The van der Waals surface area contributed by atoms with E-state index in [1.165, 1.54) is 11.8 Å². The Balaban J connectivity index is 1.86. The van der Waals surface area contributed by atoms with Gasteiger partial charge in [-0.2, -0.15) is 5.26 Å². The molecular formula is C24H25N5O3. The van der Waals surface area contributed by atoms with E-state index >= 15 is 0 Å². The molecule has 2 heterocycles. The van der Waals surface area contributed by atoms with E-state index in [2.05, 4.69) is 11.1 Å². The summed E-state index contributed by atoms with van der Waals surface area (Å²) in [5, 5.41) is 9.27. The van der Waals surface area contributed by atoms with Gasteiger partial charge in [-0.25, -0.2) is 4.99 Å². The number of carbonyl (C=O) groups is 2. The highest BCUT2D eigenvalue weighted by molar-refractivity contribution is 6.07. The molecule has 0 saturated heterocycles. The molecule has 0 saturated carbocycles. The number of amides is 2. The fourth-order valence-corrected chi connectivity index (χ4v) is 4.32. The predicted octanol–water partition coefficient (Wildman–Crippen LogP) is 2.23. The van der Waals surface area contributed by atoms with Gasteiger partial charge in [0.15, 0.2) is 11.5 Å². The zero-order valence-electron chi connectivity index (χ0n) is 18.2. The van der Waals surface area contributed by atoms with Gasteiger partial charge in [-0.15, -0.1) is 0 Å². The minimum Gasteiger partial charge on any atom is -0.491 e. The largest absolute Gasteiger partial charge is 0.491 e. The van der Waals surface area contributed by atoms with Gasteiger partial charge in [0.1, 0.15) is 12.4 Å². The molecule has 0 aliphatic carbocycles. The molecule has 1 atom stereocenters. The molecule has 4 rings (SSSR count). The summed E-state index contributed by atoms with van der Waals surface area (Å²) in [5.41, 5.74) is 7.75. The SMILES string of the molecule is CC(=O)N1CCCC2(N=C(N)N(C)C2=O)c2cc(-c3cccc(C#N)c3)ccc2OCC1. The monoisotopic (exact) mass is 431 g/mol. The molecule has 0 aromatic heterocycles. The fraction of sp³-hybridized carbons (Fsp3) is 0.333. The maximum absolute atomic E-state index is 13.4. The van der Waals surface area contributed by atoms with Gasteiger partial charge in [0, 0.05) is 26.1 Å². The average Bonchev–Trinajstić information content (AvgIpc) is 3.02. The fourth-order valence-electron chi connectivity index (χ4n) is 4.32. The summed E-state index contributed by atoms with van der Waals surface area (Å²) in [4.78, 5) is 33.1. The maximum Gasteiger partial charge on any atom is 0.261 e. The van der Waals surface area contributed by atoms with Crippen LogP contribution in [0.4, 0.5) is 0 Å². The van der Waals surface area contributed by atoms with Crippen molar-refractivity contribution >= 4 is 17.8 Å². The van der Waals surface area contributed by atoms with E-state index < -0.39 is 5.54 Å². The normalized spacial score (nSPS) is 20.9. The van der Waals surface area contributed by atoms with Crippen molar-refractivity contribution in [2.45, 2.75) is 25.3 Å². The van der Waals surface area contributed by atoms with Gasteiger partial charge >= 0.3 is 0 Å². The first-order valence-corrected chi connectivity index (χ1v) is 10.5. The minimum absolute atomic E-state index is 0.0333. The van der Waals surface area contributed by atoms with Gasteiger partial charge in [-0.3, -0.25) is 14.5 Å². The first-order valence-electron chi connectivity index (χ1n) is 10.5. The number of hydrogen-bond donors (Lipinski definition) is 1. The van der Waals surface area contributed by atoms with Crippen LogP contribution < -0.4 is 10.5 Å². The summed E-state index contributed by atoms with van der Waals surface area (Å²) in [6.45, 7) is 2.80. The van der Waals surface area contributed by atoms with Gasteiger partial charge in [-0.1, -0.05) is 18.2 Å². The molecule has 1 spiro atoms. The zero-order valence-corrected chi connectivity index (χ0v) is 18.2. The van der Waals surface area contributed by atoms with Crippen LogP contribution in [0.15, 0.2) is 47.5 Å². The highest BCUT2D eigenvalue weighted by atomic mass is 16.5. The summed E-state index contributed by atoms with van der Waals surface area (Å²) < 4.78 is 6.06. The van der Waals surface area contributed by atoms with Crippen molar-refractivity contribution < 1.29 is 14.3 Å². The van der Waals surface area contributed by atoms with Crippen LogP contribution in [0, 0.1) is 11.3 Å². The highest BCUT2D eigenvalue weighted by Crippen LogP contribution is 2.43. The van der Waals surface area contributed by atoms with Gasteiger partial charge < -0.3 is 15.4 Å². The molecule has 2 N–H and O–H groups in total. The highest BCUT2D eigenvalue weighted by Gasteiger charge is 2.49. The summed E-state index contributed by atoms with van der Waals surface area (Å²) in [6, 6.07) is 15.1. The summed E-state index contributed by atoms with van der Waals surface area (Å²) in [5.74, 6) is 0.431. The van der Waals surface area contributed by atoms with Crippen LogP contribution in [0.5, 0.6) is 5.75 Å². The summed E-state index contributed by atoms with van der Waals surface area (Å²) >= 11 is 0. The molecule has 1 unspecified atom stereocenters. The Hall–Kier alpha value is -3.86. The van der Waals surface area contributed by atoms with Crippen molar-refractivity contribution in [2.75, 3.05) is 26.7 Å². The summed E-state index contributed by atoms with van der Waals surface area (Å²) in [7, 11) is 1.61. The van der Waals surface area contributed by atoms with Crippen LogP contribution in [0.1, 0.15) is 30.9 Å². The second kappa shape index (κ2) is 8.35. The molecule has 2 aliphatic rings. The zero-order chi connectivity index (χ0) is 22.9. The number of fused-ring (bicyclic) bond motifs is 2. The van der Waals surface area contributed by atoms with Crippen LogP contribution in [-0.2, 0) is 15.1 Å². The van der Waals surface area contributed by atoms with E-state index in [-0.39, 0.29) is 17.8 Å². The second-order valence-electron chi connectivity index (χ2n) is 8.06. The topological polar surface area (TPSA) is 112 Å². The quantitative estimate of drug-likeness (QED) is 0.744. The maximum atomic E-state index is 13.4. The Kier molecular flexibility index (Phi) is 5.57. The van der Waals surface area contributed by atoms with Crippen molar-refractivity contribution in [1.82, 2.24) is 9.80 Å². The standard InChI is InChI=1S/C24H25N5O3/c1-16(30)29-10-4-9-24(22(31)28(2)23(26)27-24)20-14-19(7-8-21(20)32-12-11-29)18-6-3-5-17(13-18)15-25/h3,5-8,13-14H,4,9-12H2,1-2H3,(H2,26,27). The molecule has 164 valence electrons. The van der Waals surface area contributed by atoms with E-state index in [0.29, 0.717) is 49.4 Å². The molecule has 0 bridgehead atoms. The number of hydrogen-bond acceptors (Lipinski definition) is 6. The van der Waals surface area contributed by atoms with Crippen molar-refractivity contribution in [3.63, 3.8) is 0 Å². The van der Waals surface area contributed by atoms with Crippen LogP contribution in [0.2, 0.25) is 0 Å². The van der Waals surface area contributed by atoms with Gasteiger partial charge in [-0.05, 0) is 48.2 Å². The number of carbonyl (C=O) groups excluding carboxylic acids is 2. The molecule has 2 aromatic rings. The molecular weight excluding hydrogens is 406 g/mol. The Morgan fingerprint density at radius 2 is 2.00 bits per heavy atom. The van der Waals surface area contributed by atoms with Crippen LogP contribution in [0.25, 0.3) is 11.1 Å². The first kappa shape index (κ1) is 21.4. The average molecular weight is 431 g/mol. The number of nitrogens with two attached hydrogens (primary N) is 1. The van der Waals surface area contributed by atoms with Crippen LogP contribution >= 0.6 is 0 Å². The molecule has 8 heteroatoms. The first-order chi connectivity index (χ1) is 15.4. The molecule has 2 aromatic carbocycles. The third-order valence-electron chi connectivity index (χ3n) is 6.09. The van der Waals surface area contributed by atoms with E-state index in [1.807, 2.05) is 30.3 Å². The Morgan fingerprint density at radius 1 is 1.22 bits per heavy atom. The Bertz CT molecular complexity index is 1150. The number of likely N-dealkylation sites (N-methyl/N-ethyl adjacent to an activating group) is 1. The van der Waals surface area contributed by atoms with Gasteiger partial charge in [0.05, 0.1) is 18.2 Å². The molecule has 0 fully saturated rings. The van der Waals surface area contributed by atoms with Crippen LogP contribution in [0.3, 0.4) is 0 Å². The lowest BCUT2D eigenvalue weighted by Gasteiger charge is -2.31. The lowest BCUT2D eigenvalue weighted by atomic mass is 9.83. The lowest BCUT2D eigenvalue weighted by molar-refractivity contribution is -0.131. The van der Waals surface area contributed by atoms with Crippen molar-refractivity contribution in [2.24, 2.45) is 10.7 Å². The van der Waals surface area contributed by atoms with Crippen molar-refractivity contribution in [3.8, 4) is 22.9 Å². The van der Waals surface area contributed by atoms with E-state index in [1.54, 1.807) is 24.1 Å². The number of nitrogens with zero attached hydrogens (tertiary/aromatic N) is 4. The molecule has 0 radical (unpaired) electrons. The summed E-state index contributed by atoms with van der Waals surface area (Å²) in [6.07, 6.45) is 0.974. The third-order valence-corrected chi connectivity index (χ3v) is 6.09. The Labute approximate surface area is 186 Å². The molecule has 2 aliphatic heterocycles. The van der Waals surface area contributed by atoms with Gasteiger partial charge in [0.25, 0.3) is 5.91 Å². The number of benzene rings is 2. The number of nitriles is 1. The number of rotatable bonds is 1. The Morgan fingerprint density at radius 3 is 2.69 bits per heavy atom. The van der Waals surface area contributed by atoms with E-state index in [0.717, 1.165) is 11.1 Å². The number of aliphatic imine (C=N–C) groups is 1. The second-order valence-corrected chi connectivity index (χ2v) is 8.06. The molecule has 32 heavy (non-hydrogen) atoms. The van der Waals surface area contributed by atoms with Gasteiger partial charge in [0.2, 0.25) is 5.91 Å². The lowest BCUT2D eigenvalue weighted by Crippen LogP contribution is -2.42. The number of ether oxygens (including phenoxy) is 1. The predicted molar refractivity (Wildman–Crippen MR) is 120 cm³/mol. The third kappa shape index (κ3) is 3.66. The minimum atomic E-state index is -1.23. The van der Waals surface area contributed by atoms with Crippen molar-refractivity contribution in [3.05, 3.63) is 53.6 Å². The number of guanidine groups is 1. The van der Waals surface area contributed by atoms with Crippen molar-refractivity contribution in [1.29, 1.82) is 5.26 Å². The van der Waals surface area contributed by atoms with E-state index in [9.17, 15) is 14.9 Å². The van der Waals surface area contributed by atoms with Crippen LogP contribution in [-0.4, -0.2) is 54.3 Å². The molecule has 2 amide bonds.